The van der Waals surface area contributed by atoms with Crippen molar-refractivity contribution in [3.05, 3.63) is 11.9 Å². The molecule has 2 amide bonds. The smallest absolute Gasteiger partial charge is 0.248 e. The Balaban J connectivity index is 1.86. The van der Waals surface area contributed by atoms with Crippen molar-refractivity contribution in [3.63, 3.8) is 0 Å². The Morgan fingerprint density at radius 1 is 1.28 bits per heavy atom. The SMILES string of the molecule is CNC(=O)[C@@H]1C[C@@H](O)CN1C(=O)[C@@H](n1cc(C2CCC(=O)CC2)nn1)C(C)(C)C. The summed E-state index contributed by atoms with van der Waals surface area (Å²) < 4.78 is 1.58. The molecule has 3 rings (SSSR count). The Morgan fingerprint density at radius 2 is 1.93 bits per heavy atom. The monoisotopic (exact) mass is 405 g/mol. The first kappa shape index (κ1) is 21.4. The quantitative estimate of drug-likeness (QED) is 0.765. The minimum Gasteiger partial charge on any atom is -0.391 e. The number of hydrogen-bond acceptors (Lipinski definition) is 6. The number of nitrogens with zero attached hydrogens (tertiary/aromatic N) is 4. The molecule has 1 aliphatic carbocycles. The second kappa shape index (κ2) is 8.22. The van der Waals surface area contributed by atoms with Crippen molar-refractivity contribution < 1.29 is 19.5 Å². The lowest BCUT2D eigenvalue weighted by Crippen LogP contribution is -2.49. The molecule has 1 aromatic rings. The number of rotatable bonds is 4. The Kier molecular flexibility index (Phi) is 6.07. The molecule has 0 bridgehead atoms. The number of amides is 2. The van der Waals surface area contributed by atoms with Gasteiger partial charge in [0.15, 0.2) is 0 Å². The number of carbonyl (C=O) groups excluding carboxylic acids is 3. The molecule has 0 radical (unpaired) electrons. The van der Waals surface area contributed by atoms with Crippen LogP contribution in [0, 0.1) is 5.41 Å². The van der Waals surface area contributed by atoms with E-state index in [0.717, 1.165) is 18.5 Å². The van der Waals surface area contributed by atoms with E-state index in [0.29, 0.717) is 12.8 Å². The minimum atomic E-state index is -0.729. The van der Waals surface area contributed by atoms with E-state index in [1.807, 2.05) is 20.8 Å². The van der Waals surface area contributed by atoms with E-state index in [-0.39, 0.29) is 36.5 Å². The van der Waals surface area contributed by atoms with Gasteiger partial charge in [-0.05, 0) is 18.3 Å². The Bertz CT molecular complexity index is 774. The fraction of sp³-hybridized carbons (Fsp3) is 0.750. The van der Waals surface area contributed by atoms with Gasteiger partial charge in [-0.15, -0.1) is 5.10 Å². The topological polar surface area (TPSA) is 117 Å². The predicted octanol–water partition coefficient (Wildman–Crippen LogP) is 0.800. The van der Waals surface area contributed by atoms with Crippen molar-refractivity contribution in [1.29, 1.82) is 0 Å². The van der Waals surface area contributed by atoms with Crippen molar-refractivity contribution in [2.45, 2.75) is 77.0 Å². The zero-order chi connectivity index (χ0) is 21.3. The number of nitrogens with one attached hydrogen (secondary N) is 1. The summed E-state index contributed by atoms with van der Waals surface area (Å²) in [6.45, 7) is 5.95. The van der Waals surface area contributed by atoms with Crippen LogP contribution in [0.1, 0.15) is 70.5 Å². The highest BCUT2D eigenvalue weighted by Gasteiger charge is 2.45. The van der Waals surface area contributed by atoms with E-state index in [4.69, 9.17) is 0 Å². The van der Waals surface area contributed by atoms with Gasteiger partial charge in [-0.25, -0.2) is 4.68 Å². The van der Waals surface area contributed by atoms with Gasteiger partial charge in [-0.2, -0.15) is 0 Å². The van der Waals surface area contributed by atoms with Gasteiger partial charge in [0.05, 0.1) is 11.8 Å². The van der Waals surface area contributed by atoms with Gasteiger partial charge < -0.3 is 15.3 Å². The predicted molar refractivity (Wildman–Crippen MR) is 105 cm³/mol. The first-order chi connectivity index (χ1) is 13.6. The molecule has 1 saturated carbocycles. The molecule has 9 heteroatoms. The summed E-state index contributed by atoms with van der Waals surface area (Å²) in [5, 5.41) is 21.2. The number of hydrogen-bond donors (Lipinski definition) is 2. The van der Waals surface area contributed by atoms with E-state index in [1.165, 1.54) is 11.9 Å². The third-order valence-corrected chi connectivity index (χ3v) is 5.92. The van der Waals surface area contributed by atoms with Gasteiger partial charge in [0.25, 0.3) is 0 Å². The number of aliphatic hydroxyl groups excluding tert-OH is 1. The number of β-amino-alcohol motifs (C(OH)–C–C–N with tert-alkyl or cyclic N) is 1. The zero-order valence-electron chi connectivity index (χ0n) is 17.6. The fourth-order valence-electron chi connectivity index (χ4n) is 4.35. The average molecular weight is 405 g/mol. The molecule has 3 atom stereocenters. The third kappa shape index (κ3) is 4.49. The van der Waals surface area contributed by atoms with Crippen molar-refractivity contribution in [2.75, 3.05) is 13.6 Å². The molecule has 2 heterocycles. The van der Waals surface area contributed by atoms with Gasteiger partial charge in [0.1, 0.15) is 17.9 Å². The summed E-state index contributed by atoms with van der Waals surface area (Å²) in [6, 6.07) is -1.36. The largest absolute Gasteiger partial charge is 0.391 e. The summed E-state index contributed by atoms with van der Waals surface area (Å²) in [7, 11) is 1.52. The normalized spacial score (nSPS) is 24.6. The molecule has 1 aliphatic heterocycles. The van der Waals surface area contributed by atoms with Crippen LogP contribution >= 0.6 is 0 Å². The van der Waals surface area contributed by atoms with Gasteiger partial charge in [-0.3, -0.25) is 14.4 Å². The Labute approximate surface area is 170 Å². The first-order valence-corrected chi connectivity index (χ1v) is 10.3. The molecule has 2 aliphatic rings. The molecule has 0 unspecified atom stereocenters. The highest BCUT2D eigenvalue weighted by molar-refractivity contribution is 5.90. The Hall–Kier alpha value is -2.29. The van der Waals surface area contributed by atoms with E-state index < -0.39 is 23.6 Å². The molecule has 1 aromatic heterocycles. The third-order valence-electron chi connectivity index (χ3n) is 5.92. The summed E-state index contributed by atoms with van der Waals surface area (Å²) in [5.41, 5.74) is 0.314. The molecule has 160 valence electrons. The van der Waals surface area contributed by atoms with Crippen LogP contribution < -0.4 is 5.32 Å². The van der Waals surface area contributed by atoms with Crippen LogP contribution in [0.4, 0.5) is 0 Å². The molecule has 0 aromatic carbocycles. The van der Waals surface area contributed by atoms with Crippen LogP contribution in [-0.2, 0) is 14.4 Å². The number of likely N-dealkylation sites (N-methyl/N-ethyl adjacent to an activating group) is 1. The highest BCUT2D eigenvalue weighted by Crippen LogP contribution is 2.36. The minimum absolute atomic E-state index is 0.121. The van der Waals surface area contributed by atoms with Crippen LogP contribution in [0.2, 0.25) is 0 Å². The molecular formula is C20H31N5O4. The standard InChI is InChI=1S/C20H31N5O4/c1-20(2,3)17(19(29)24-10-14(27)9-16(24)18(28)21-4)25-11-15(22-23-25)12-5-7-13(26)8-6-12/h11-12,14,16-17,27H,5-10H2,1-4H3,(H,21,28)/t14-,16+,17-/m1/s1. The van der Waals surface area contributed by atoms with Crippen molar-refractivity contribution in [2.24, 2.45) is 5.41 Å². The van der Waals surface area contributed by atoms with E-state index >= 15 is 0 Å². The first-order valence-electron chi connectivity index (χ1n) is 10.3. The van der Waals surface area contributed by atoms with Crippen LogP contribution in [0.15, 0.2) is 6.20 Å². The maximum atomic E-state index is 13.5. The van der Waals surface area contributed by atoms with Crippen LogP contribution in [-0.4, -0.2) is 68.3 Å². The molecule has 9 nitrogen and oxygen atoms in total. The summed E-state index contributed by atoms with van der Waals surface area (Å²) in [6.07, 6.45) is 3.91. The number of ketones is 1. The number of aromatic nitrogens is 3. The van der Waals surface area contributed by atoms with Crippen LogP contribution in [0.25, 0.3) is 0 Å². The molecular weight excluding hydrogens is 374 g/mol. The van der Waals surface area contributed by atoms with Crippen molar-refractivity contribution in [3.8, 4) is 0 Å². The zero-order valence-corrected chi connectivity index (χ0v) is 17.6. The highest BCUT2D eigenvalue weighted by atomic mass is 16.3. The van der Waals surface area contributed by atoms with Crippen molar-refractivity contribution in [1.82, 2.24) is 25.2 Å². The molecule has 1 saturated heterocycles. The number of likely N-dealkylation sites (tertiary alicyclic amines) is 1. The van der Waals surface area contributed by atoms with E-state index in [2.05, 4.69) is 15.6 Å². The summed E-state index contributed by atoms with van der Waals surface area (Å²) >= 11 is 0. The lowest BCUT2D eigenvalue weighted by atomic mass is 9.85. The second-order valence-corrected chi connectivity index (χ2v) is 9.22. The maximum Gasteiger partial charge on any atom is 0.248 e. The Morgan fingerprint density at radius 3 is 2.52 bits per heavy atom. The van der Waals surface area contributed by atoms with Gasteiger partial charge in [0.2, 0.25) is 11.8 Å². The molecule has 0 spiro atoms. The fourth-order valence-corrected chi connectivity index (χ4v) is 4.35. The summed E-state index contributed by atoms with van der Waals surface area (Å²) in [5.74, 6) is -0.0831. The molecule has 2 fully saturated rings. The van der Waals surface area contributed by atoms with Crippen LogP contribution in [0.3, 0.4) is 0 Å². The number of carbonyl (C=O) groups is 3. The van der Waals surface area contributed by atoms with Crippen LogP contribution in [0.5, 0.6) is 0 Å². The average Bonchev–Trinajstić information content (AvgIpc) is 3.27. The van der Waals surface area contributed by atoms with Gasteiger partial charge in [0, 0.05) is 45.0 Å². The van der Waals surface area contributed by atoms with Crippen molar-refractivity contribution >= 4 is 17.6 Å². The van der Waals surface area contributed by atoms with Gasteiger partial charge in [-0.1, -0.05) is 26.0 Å². The van der Waals surface area contributed by atoms with Gasteiger partial charge >= 0.3 is 0 Å². The number of aliphatic hydroxyl groups is 1. The van der Waals surface area contributed by atoms with E-state index in [1.54, 1.807) is 10.9 Å². The number of Topliss-reactive ketones (excluding diaryl/α,β-unsaturated/α-hetero) is 1. The molecule has 29 heavy (non-hydrogen) atoms. The second-order valence-electron chi connectivity index (χ2n) is 9.22. The lowest BCUT2D eigenvalue weighted by molar-refractivity contribution is -0.144. The molecule has 2 N–H and O–H groups in total. The maximum absolute atomic E-state index is 13.5. The lowest BCUT2D eigenvalue weighted by Gasteiger charge is -2.34. The summed E-state index contributed by atoms with van der Waals surface area (Å²) in [4.78, 5) is 38.7. The van der Waals surface area contributed by atoms with E-state index in [9.17, 15) is 19.5 Å².